The summed E-state index contributed by atoms with van der Waals surface area (Å²) in [6, 6.07) is 20.9. The van der Waals surface area contributed by atoms with Gasteiger partial charge >= 0.3 is 0 Å². The van der Waals surface area contributed by atoms with E-state index in [1.165, 1.54) is 18.2 Å². The summed E-state index contributed by atoms with van der Waals surface area (Å²) in [5, 5.41) is 24.9. The predicted octanol–water partition coefficient (Wildman–Crippen LogP) is 5.26. The first kappa shape index (κ1) is 22.8. The Balaban J connectivity index is 1.73. The van der Waals surface area contributed by atoms with E-state index in [4.69, 9.17) is 9.72 Å². The number of ether oxygens (including phenoxy) is 1. The van der Waals surface area contributed by atoms with Crippen molar-refractivity contribution in [1.82, 2.24) is 10.4 Å². The summed E-state index contributed by atoms with van der Waals surface area (Å²) in [7, 11) is 0. The van der Waals surface area contributed by atoms with Crippen molar-refractivity contribution in [3.63, 3.8) is 0 Å². The lowest BCUT2D eigenvalue weighted by atomic mass is 10.0. The average Bonchev–Trinajstić information content (AvgIpc) is 2.86. The molecule has 172 valence electrons. The van der Waals surface area contributed by atoms with Gasteiger partial charge in [-0.15, -0.1) is 0 Å². The normalized spacial score (nSPS) is 11.4. The van der Waals surface area contributed by atoms with Crippen molar-refractivity contribution in [2.45, 2.75) is 20.3 Å². The maximum atomic E-state index is 13.2. The molecule has 1 amide bonds. The number of hydrogen-bond donors (Lipinski definition) is 3. The van der Waals surface area contributed by atoms with Gasteiger partial charge < -0.3 is 14.9 Å². The zero-order valence-corrected chi connectivity index (χ0v) is 18.9. The molecule has 3 N–H and O–H groups in total. The van der Waals surface area contributed by atoms with Crippen LogP contribution in [0.1, 0.15) is 36.2 Å². The van der Waals surface area contributed by atoms with Crippen molar-refractivity contribution >= 4 is 22.5 Å². The molecule has 0 aliphatic heterocycles. The molecule has 0 saturated heterocycles. The number of fused-ring (bicyclic) bond motifs is 1. The fourth-order valence-corrected chi connectivity index (χ4v) is 3.69. The highest BCUT2D eigenvalue weighted by molar-refractivity contribution is 6.08. The molecule has 0 saturated carbocycles. The van der Waals surface area contributed by atoms with E-state index in [1.807, 2.05) is 62.4 Å². The SMILES string of the molecule is CCOc1cccc(-c2cc(C(=O)N/N=C(\CC)c3cc(O)ccc3O)c3ccccc3n2)c1. The van der Waals surface area contributed by atoms with Crippen LogP contribution in [-0.2, 0) is 0 Å². The molecule has 0 bridgehead atoms. The standard InChI is InChI=1S/C27H25N3O4/c1-3-23(22-15-18(31)12-13-26(22)32)29-30-27(33)21-16-25(28-24-11-6-5-10-20(21)24)17-8-7-9-19(14-17)34-4-2/h5-16,31-32H,3-4H2,1-2H3,(H,30,33)/b29-23+. The molecular formula is C27H25N3O4. The van der Waals surface area contributed by atoms with Crippen molar-refractivity contribution in [3.05, 3.63) is 83.9 Å². The lowest BCUT2D eigenvalue weighted by Crippen LogP contribution is -2.20. The van der Waals surface area contributed by atoms with Crippen LogP contribution in [0.2, 0.25) is 0 Å². The number of phenolic OH excluding ortho intramolecular Hbond substituents is 2. The molecule has 3 aromatic carbocycles. The summed E-state index contributed by atoms with van der Waals surface area (Å²) in [6.07, 6.45) is 0.434. The number of carbonyl (C=O) groups is 1. The number of benzene rings is 3. The number of hydrazone groups is 1. The number of pyridine rings is 1. The molecule has 0 spiro atoms. The Labute approximate surface area is 197 Å². The molecule has 34 heavy (non-hydrogen) atoms. The van der Waals surface area contributed by atoms with E-state index in [2.05, 4.69) is 10.5 Å². The second kappa shape index (κ2) is 10.0. The first-order valence-corrected chi connectivity index (χ1v) is 11.0. The number of para-hydroxylation sites is 1. The van der Waals surface area contributed by atoms with Crippen molar-refractivity contribution in [2.24, 2.45) is 5.10 Å². The van der Waals surface area contributed by atoms with E-state index >= 15 is 0 Å². The second-order valence-corrected chi connectivity index (χ2v) is 7.59. The fraction of sp³-hybridized carbons (Fsp3) is 0.148. The van der Waals surface area contributed by atoms with Gasteiger partial charge in [-0.3, -0.25) is 4.79 Å². The van der Waals surface area contributed by atoms with E-state index < -0.39 is 5.91 Å². The number of amides is 1. The molecule has 1 heterocycles. The number of aromatic nitrogens is 1. The smallest absolute Gasteiger partial charge is 0.272 e. The molecule has 0 unspecified atom stereocenters. The summed E-state index contributed by atoms with van der Waals surface area (Å²) in [4.78, 5) is 18.0. The summed E-state index contributed by atoms with van der Waals surface area (Å²) in [5.41, 5.74) is 5.95. The van der Waals surface area contributed by atoms with Gasteiger partial charge in [0.15, 0.2) is 0 Å². The van der Waals surface area contributed by atoms with Gasteiger partial charge in [-0.2, -0.15) is 5.10 Å². The predicted molar refractivity (Wildman–Crippen MR) is 132 cm³/mol. The lowest BCUT2D eigenvalue weighted by molar-refractivity contribution is 0.0956. The molecule has 0 atom stereocenters. The maximum absolute atomic E-state index is 13.2. The van der Waals surface area contributed by atoms with Gasteiger partial charge in [-0.1, -0.05) is 37.3 Å². The molecule has 4 aromatic rings. The molecule has 4 rings (SSSR count). The van der Waals surface area contributed by atoms with Crippen LogP contribution >= 0.6 is 0 Å². The highest BCUT2D eigenvalue weighted by Gasteiger charge is 2.15. The van der Waals surface area contributed by atoms with E-state index in [0.717, 1.165) is 11.3 Å². The summed E-state index contributed by atoms with van der Waals surface area (Å²) in [6.45, 7) is 4.32. The molecule has 0 aliphatic rings. The third-order valence-corrected chi connectivity index (χ3v) is 5.32. The average molecular weight is 456 g/mol. The van der Waals surface area contributed by atoms with Crippen LogP contribution in [-0.4, -0.2) is 33.4 Å². The van der Waals surface area contributed by atoms with Crippen molar-refractivity contribution in [3.8, 4) is 28.5 Å². The number of phenols is 2. The summed E-state index contributed by atoms with van der Waals surface area (Å²) >= 11 is 0. The Bertz CT molecular complexity index is 1380. The van der Waals surface area contributed by atoms with E-state index in [1.54, 1.807) is 6.07 Å². The number of aromatic hydroxyl groups is 2. The molecule has 7 heteroatoms. The van der Waals surface area contributed by atoms with Gasteiger partial charge in [0.1, 0.15) is 17.2 Å². The molecule has 0 aliphatic carbocycles. The van der Waals surface area contributed by atoms with Crippen LogP contribution in [0.25, 0.3) is 22.2 Å². The second-order valence-electron chi connectivity index (χ2n) is 7.59. The van der Waals surface area contributed by atoms with Crippen LogP contribution in [0, 0.1) is 0 Å². The van der Waals surface area contributed by atoms with Gasteiger partial charge in [0, 0.05) is 16.5 Å². The van der Waals surface area contributed by atoms with E-state index in [9.17, 15) is 15.0 Å². The van der Waals surface area contributed by atoms with E-state index in [-0.39, 0.29) is 11.5 Å². The minimum atomic E-state index is -0.411. The van der Waals surface area contributed by atoms with Gasteiger partial charge in [-0.05, 0) is 55.8 Å². The highest BCUT2D eigenvalue weighted by Crippen LogP contribution is 2.28. The summed E-state index contributed by atoms with van der Waals surface area (Å²) < 4.78 is 5.61. The van der Waals surface area contributed by atoms with Crippen molar-refractivity contribution in [2.75, 3.05) is 6.61 Å². The quantitative estimate of drug-likeness (QED) is 0.200. The number of rotatable bonds is 7. The van der Waals surface area contributed by atoms with Gasteiger partial charge in [0.25, 0.3) is 5.91 Å². The van der Waals surface area contributed by atoms with Crippen LogP contribution < -0.4 is 10.2 Å². The van der Waals surface area contributed by atoms with Gasteiger partial charge in [0.2, 0.25) is 0 Å². The Hall–Kier alpha value is -4.39. The van der Waals surface area contributed by atoms with Gasteiger partial charge in [0.05, 0.1) is 29.1 Å². The van der Waals surface area contributed by atoms with Crippen LogP contribution in [0.15, 0.2) is 77.9 Å². The number of carbonyl (C=O) groups excluding carboxylic acids is 1. The number of nitrogens with zero attached hydrogens (tertiary/aromatic N) is 2. The Morgan fingerprint density at radius 2 is 1.79 bits per heavy atom. The molecule has 1 aromatic heterocycles. The monoisotopic (exact) mass is 455 g/mol. The lowest BCUT2D eigenvalue weighted by Gasteiger charge is -2.11. The molecular weight excluding hydrogens is 430 g/mol. The molecule has 7 nitrogen and oxygen atoms in total. The van der Waals surface area contributed by atoms with Gasteiger partial charge in [-0.25, -0.2) is 10.4 Å². The number of hydrogen-bond acceptors (Lipinski definition) is 6. The third kappa shape index (κ3) is 4.83. The largest absolute Gasteiger partial charge is 0.508 e. The molecule has 0 fully saturated rings. The highest BCUT2D eigenvalue weighted by atomic mass is 16.5. The molecule has 0 radical (unpaired) electrons. The Morgan fingerprint density at radius 1 is 0.971 bits per heavy atom. The Morgan fingerprint density at radius 3 is 2.59 bits per heavy atom. The van der Waals surface area contributed by atoms with E-state index in [0.29, 0.717) is 46.5 Å². The van der Waals surface area contributed by atoms with Crippen LogP contribution in [0.3, 0.4) is 0 Å². The first-order valence-electron chi connectivity index (χ1n) is 11.0. The zero-order valence-electron chi connectivity index (χ0n) is 18.9. The first-order chi connectivity index (χ1) is 16.5. The zero-order chi connectivity index (χ0) is 24.1. The number of nitrogens with one attached hydrogen (secondary N) is 1. The third-order valence-electron chi connectivity index (χ3n) is 5.32. The summed E-state index contributed by atoms with van der Waals surface area (Å²) in [5.74, 6) is 0.285. The van der Waals surface area contributed by atoms with Crippen molar-refractivity contribution < 1.29 is 19.7 Å². The minimum absolute atomic E-state index is 0.000621. The van der Waals surface area contributed by atoms with Crippen LogP contribution in [0.4, 0.5) is 0 Å². The maximum Gasteiger partial charge on any atom is 0.272 e. The minimum Gasteiger partial charge on any atom is -0.508 e. The van der Waals surface area contributed by atoms with Crippen LogP contribution in [0.5, 0.6) is 17.2 Å². The Kier molecular flexibility index (Phi) is 6.73. The fourth-order valence-electron chi connectivity index (χ4n) is 3.69. The van der Waals surface area contributed by atoms with Crippen molar-refractivity contribution in [1.29, 1.82) is 0 Å². The topological polar surface area (TPSA) is 104 Å².